The number of nitrogens with zero attached hydrogens (tertiary/aromatic N) is 4. The first-order chi connectivity index (χ1) is 18.5. The predicted octanol–water partition coefficient (Wildman–Crippen LogP) is 4.09. The van der Waals surface area contributed by atoms with Gasteiger partial charge >= 0.3 is 6.18 Å². The number of halogens is 4. The number of nitrogens with one attached hydrogen (secondary N) is 1. The zero-order valence-electron chi connectivity index (χ0n) is 21.1. The summed E-state index contributed by atoms with van der Waals surface area (Å²) < 4.78 is 70.1. The summed E-state index contributed by atoms with van der Waals surface area (Å²) >= 11 is 0. The molecule has 0 saturated carbocycles. The number of hydrogen-bond acceptors (Lipinski definition) is 8. The molecule has 0 amide bonds. The molecular formula is C26H26F4N6O3. The van der Waals surface area contributed by atoms with Crippen molar-refractivity contribution in [3.05, 3.63) is 82.8 Å². The van der Waals surface area contributed by atoms with E-state index in [1.54, 1.807) is 38.4 Å². The first-order valence-electron chi connectivity index (χ1n) is 11.7. The molecule has 0 aliphatic carbocycles. The molecule has 2 heterocycles. The number of rotatable bonds is 10. The van der Waals surface area contributed by atoms with Crippen LogP contribution in [0.3, 0.4) is 0 Å². The topological polar surface area (TPSA) is 119 Å². The molecule has 1 saturated heterocycles. The zero-order valence-corrected chi connectivity index (χ0v) is 21.1. The van der Waals surface area contributed by atoms with Crippen molar-refractivity contribution in [2.75, 3.05) is 25.2 Å². The Kier molecular flexibility index (Phi) is 7.72. The lowest BCUT2D eigenvalue weighted by molar-refractivity contribution is -0.138. The van der Waals surface area contributed by atoms with Gasteiger partial charge in [0, 0.05) is 38.1 Å². The first kappa shape index (κ1) is 27.8. The first-order valence-corrected chi connectivity index (χ1v) is 11.7. The lowest BCUT2D eigenvalue weighted by Crippen LogP contribution is -2.50. The SMILES string of the molecule is CN(Cc1c(C=O)cc(O/C(C=N)=C/N)cc1C(F)(F)F)c1cccc(C2(C(F)c3nncn3C)COC2)c1. The third-order valence-electron chi connectivity index (χ3n) is 6.67. The molecule has 9 nitrogen and oxygen atoms in total. The molecular weight excluding hydrogens is 520 g/mol. The number of ether oxygens (including phenoxy) is 2. The van der Waals surface area contributed by atoms with Crippen LogP contribution in [0.15, 0.2) is 54.7 Å². The highest BCUT2D eigenvalue weighted by Crippen LogP contribution is 2.46. The van der Waals surface area contributed by atoms with E-state index in [4.69, 9.17) is 20.6 Å². The van der Waals surface area contributed by atoms with Crippen LogP contribution in [0.2, 0.25) is 0 Å². The van der Waals surface area contributed by atoms with Crippen LogP contribution in [0.5, 0.6) is 5.75 Å². The normalized spacial score (nSPS) is 15.8. The number of allylic oxidation sites excluding steroid dienone is 1. The number of aryl methyl sites for hydroxylation is 1. The maximum absolute atomic E-state index is 15.7. The lowest BCUT2D eigenvalue weighted by Gasteiger charge is -2.44. The van der Waals surface area contributed by atoms with E-state index in [2.05, 4.69) is 10.2 Å². The molecule has 1 atom stereocenters. The Morgan fingerprint density at radius 1 is 1.33 bits per heavy atom. The van der Waals surface area contributed by atoms with Crippen LogP contribution in [-0.4, -0.2) is 47.5 Å². The number of nitrogens with two attached hydrogens (primary N) is 1. The molecule has 39 heavy (non-hydrogen) atoms. The van der Waals surface area contributed by atoms with E-state index < -0.39 is 23.3 Å². The van der Waals surface area contributed by atoms with Crippen LogP contribution in [0.4, 0.5) is 23.2 Å². The highest BCUT2D eigenvalue weighted by Gasteiger charge is 2.50. The Hall–Kier alpha value is -4.26. The zero-order chi connectivity index (χ0) is 28.4. The van der Waals surface area contributed by atoms with Gasteiger partial charge in [-0.25, -0.2) is 4.39 Å². The van der Waals surface area contributed by atoms with Crippen molar-refractivity contribution in [1.82, 2.24) is 14.8 Å². The second-order valence-corrected chi connectivity index (χ2v) is 9.19. The summed E-state index contributed by atoms with van der Waals surface area (Å²) in [6.45, 7) is -0.0983. The van der Waals surface area contributed by atoms with Crippen molar-refractivity contribution in [3.63, 3.8) is 0 Å². The summed E-state index contributed by atoms with van der Waals surface area (Å²) in [5, 5.41) is 14.9. The van der Waals surface area contributed by atoms with Gasteiger partial charge in [0.05, 0.1) is 30.4 Å². The summed E-state index contributed by atoms with van der Waals surface area (Å²) in [5.74, 6) is -0.341. The Balaban J connectivity index is 1.69. The highest BCUT2D eigenvalue weighted by atomic mass is 19.4. The van der Waals surface area contributed by atoms with Crippen LogP contribution < -0.4 is 15.4 Å². The average Bonchev–Trinajstić information content (AvgIpc) is 3.32. The number of anilines is 1. The third-order valence-corrected chi connectivity index (χ3v) is 6.67. The number of benzene rings is 2. The maximum Gasteiger partial charge on any atom is 0.416 e. The second kappa shape index (κ2) is 10.8. The largest absolute Gasteiger partial charge is 0.454 e. The van der Waals surface area contributed by atoms with Crippen molar-refractivity contribution >= 4 is 18.2 Å². The third kappa shape index (κ3) is 5.35. The Bertz CT molecular complexity index is 1400. The quantitative estimate of drug-likeness (QED) is 0.170. The standard InChI is InChI=1S/C26H26F4N6O3/c1-35(11-21-16(12-37)6-19(39-20(9-31)10-32)8-22(21)26(28,29)30)18-5-3-4-17(7-18)25(13-38-14-25)23(27)24-34-33-15-36(24)2/h3-10,12,15,23,31H,11,13-14,32H2,1-2H3/b20-10+,31-9?. The van der Waals surface area contributed by atoms with Gasteiger partial charge in [-0.3, -0.25) is 4.79 Å². The predicted molar refractivity (Wildman–Crippen MR) is 134 cm³/mol. The molecule has 0 bridgehead atoms. The molecule has 3 N–H and O–H groups in total. The fourth-order valence-electron chi connectivity index (χ4n) is 4.44. The number of carbonyl (C=O) groups is 1. The summed E-state index contributed by atoms with van der Waals surface area (Å²) in [7, 11) is 3.21. The molecule has 1 aromatic heterocycles. The van der Waals surface area contributed by atoms with Crippen LogP contribution >= 0.6 is 0 Å². The van der Waals surface area contributed by atoms with Crippen LogP contribution in [0.1, 0.15) is 39.0 Å². The average molecular weight is 547 g/mol. The minimum absolute atomic E-state index is 0.0954. The number of alkyl halides is 4. The summed E-state index contributed by atoms with van der Waals surface area (Å²) in [5.41, 5.74) is 3.81. The van der Waals surface area contributed by atoms with Gasteiger partial charge in [0.25, 0.3) is 0 Å². The van der Waals surface area contributed by atoms with E-state index in [0.717, 1.165) is 24.5 Å². The second-order valence-electron chi connectivity index (χ2n) is 9.19. The highest BCUT2D eigenvalue weighted by molar-refractivity contribution is 5.80. The molecule has 1 fully saturated rings. The molecule has 206 valence electrons. The van der Waals surface area contributed by atoms with E-state index in [1.807, 2.05) is 0 Å². The van der Waals surface area contributed by atoms with Crippen molar-refractivity contribution in [1.29, 1.82) is 5.41 Å². The van der Waals surface area contributed by atoms with Gasteiger partial charge in [0.2, 0.25) is 0 Å². The minimum Gasteiger partial charge on any atom is -0.454 e. The maximum atomic E-state index is 15.7. The monoisotopic (exact) mass is 546 g/mol. The van der Waals surface area contributed by atoms with E-state index in [-0.39, 0.29) is 48.2 Å². The summed E-state index contributed by atoms with van der Waals surface area (Å²) in [4.78, 5) is 13.4. The molecule has 13 heteroatoms. The van der Waals surface area contributed by atoms with Crippen LogP contribution in [0.25, 0.3) is 0 Å². The molecule has 1 aliphatic rings. The summed E-state index contributed by atoms with van der Waals surface area (Å²) in [6, 6.07) is 8.71. The van der Waals surface area contributed by atoms with Crippen molar-refractivity contribution in [2.45, 2.75) is 24.3 Å². The molecule has 0 radical (unpaired) electrons. The Morgan fingerprint density at radius 2 is 2.08 bits per heavy atom. The van der Waals surface area contributed by atoms with Gasteiger partial charge in [-0.15, -0.1) is 10.2 Å². The lowest BCUT2D eigenvalue weighted by atomic mass is 9.74. The van der Waals surface area contributed by atoms with Gasteiger partial charge < -0.3 is 30.1 Å². The van der Waals surface area contributed by atoms with Gasteiger partial charge in [-0.1, -0.05) is 12.1 Å². The Labute approximate surface area is 221 Å². The fraction of sp³-hybridized carbons (Fsp3) is 0.308. The molecule has 0 spiro atoms. The summed E-state index contributed by atoms with van der Waals surface area (Å²) in [6.07, 6.45) is -2.98. The van der Waals surface area contributed by atoms with E-state index in [9.17, 15) is 18.0 Å². The molecule has 1 unspecified atom stereocenters. The minimum atomic E-state index is -4.81. The Morgan fingerprint density at radius 3 is 2.62 bits per heavy atom. The van der Waals surface area contributed by atoms with E-state index in [0.29, 0.717) is 17.5 Å². The molecule has 2 aromatic carbocycles. The van der Waals surface area contributed by atoms with Crippen LogP contribution in [0, 0.1) is 5.41 Å². The molecule has 1 aliphatic heterocycles. The fourth-order valence-corrected chi connectivity index (χ4v) is 4.44. The van der Waals surface area contributed by atoms with Crippen molar-refractivity contribution < 1.29 is 31.8 Å². The molecule has 4 rings (SSSR count). The number of aromatic nitrogens is 3. The van der Waals surface area contributed by atoms with Gasteiger partial charge in [-0.2, -0.15) is 13.2 Å². The van der Waals surface area contributed by atoms with E-state index in [1.165, 1.54) is 15.8 Å². The number of aldehydes is 1. The number of hydrogen-bond donors (Lipinski definition) is 2. The van der Waals surface area contributed by atoms with Crippen molar-refractivity contribution in [2.24, 2.45) is 12.8 Å². The van der Waals surface area contributed by atoms with Crippen LogP contribution in [-0.2, 0) is 29.9 Å². The van der Waals surface area contributed by atoms with Gasteiger partial charge in [0.1, 0.15) is 12.1 Å². The van der Waals surface area contributed by atoms with E-state index >= 15 is 4.39 Å². The molecule has 3 aromatic rings. The van der Waals surface area contributed by atoms with Gasteiger partial charge in [0.15, 0.2) is 24.0 Å². The van der Waals surface area contributed by atoms with Crippen molar-refractivity contribution in [3.8, 4) is 5.75 Å². The smallest absolute Gasteiger partial charge is 0.416 e. The van der Waals surface area contributed by atoms with Gasteiger partial charge in [-0.05, 0) is 35.4 Å². The number of carbonyl (C=O) groups excluding carboxylic acids is 1.